The lowest BCUT2D eigenvalue weighted by Crippen LogP contribution is -2.32. The van der Waals surface area contributed by atoms with Crippen LogP contribution in [0.5, 0.6) is 0 Å². The summed E-state index contributed by atoms with van der Waals surface area (Å²) in [5.74, 6) is -0.0652. The van der Waals surface area contributed by atoms with E-state index in [1.54, 1.807) is 46.0 Å². The molecule has 0 fully saturated rings. The summed E-state index contributed by atoms with van der Waals surface area (Å²) in [5.41, 5.74) is 1.96. The van der Waals surface area contributed by atoms with Crippen molar-refractivity contribution in [2.45, 2.75) is 37.8 Å². The van der Waals surface area contributed by atoms with Crippen LogP contribution >= 0.6 is 0 Å². The van der Waals surface area contributed by atoms with Crippen LogP contribution in [0.25, 0.3) is 0 Å². The maximum absolute atomic E-state index is 13.2. The van der Waals surface area contributed by atoms with Crippen LogP contribution in [0.15, 0.2) is 84.7 Å². The first-order valence-corrected chi connectivity index (χ1v) is 12.2. The Hall–Kier alpha value is -3.19. The number of aromatic nitrogens is 2. The number of carbonyl (C=O) groups is 1. The van der Waals surface area contributed by atoms with E-state index >= 15 is 0 Å². The maximum Gasteiger partial charge on any atom is 0.254 e. The second-order valence-electron chi connectivity index (χ2n) is 8.12. The summed E-state index contributed by atoms with van der Waals surface area (Å²) >= 11 is 0. The molecule has 2 aromatic carbocycles. The molecule has 0 radical (unpaired) electrons. The Kier molecular flexibility index (Phi) is 7.64. The molecule has 0 saturated carbocycles. The van der Waals surface area contributed by atoms with Crippen molar-refractivity contribution < 1.29 is 13.2 Å². The van der Waals surface area contributed by atoms with Crippen molar-refractivity contribution in [2.24, 2.45) is 5.92 Å². The van der Waals surface area contributed by atoms with Gasteiger partial charge in [0.1, 0.15) is 0 Å². The van der Waals surface area contributed by atoms with Crippen molar-refractivity contribution in [2.75, 3.05) is 6.54 Å². The summed E-state index contributed by atoms with van der Waals surface area (Å²) < 4.78 is 28.1. The molecule has 0 spiro atoms. The second-order valence-corrected chi connectivity index (χ2v) is 10.0. The molecule has 32 heavy (non-hydrogen) atoms. The number of carbonyl (C=O) groups excluding carboxylic acids is 1. The quantitative estimate of drug-likeness (QED) is 0.430. The topological polar surface area (TPSA) is 72.3 Å². The van der Waals surface area contributed by atoms with Gasteiger partial charge in [-0.15, -0.1) is 6.58 Å². The molecular weight excluding hydrogens is 422 g/mol. The van der Waals surface area contributed by atoms with Gasteiger partial charge in [0.15, 0.2) is 0 Å². The minimum absolute atomic E-state index is 0.0377. The Balaban J connectivity index is 1.94. The van der Waals surface area contributed by atoms with Gasteiger partial charge in [-0.1, -0.05) is 68.5 Å². The Bertz CT molecular complexity index is 1150. The highest BCUT2D eigenvalue weighted by Gasteiger charge is 2.26. The van der Waals surface area contributed by atoms with Crippen molar-refractivity contribution in [3.05, 3.63) is 96.3 Å². The van der Waals surface area contributed by atoms with E-state index in [0.717, 1.165) is 0 Å². The number of benzene rings is 2. The predicted molar refractivity (Wildman–Crippen MR) is 126 cm³/mol. The maximum atomic E-state index is 13.2. The Morgan fingerprint density at radius 1 is 1.09 bits per heavy atom. The van der Waals surface area contributed by atoms with Crippen molar-refractivity contribution in [1.82, 2.24) is 14.5 Å². The molecule has 3 rings (SSSR count). The highest BCUT2D eigenvalue weighted by molar-refractivity contribution is 7.90. The molecule has 0 N–H and O–H groups in total. The first-order chi connectivity index (χ1) is 15.3. The van der Waals surface area contributed by atoms with Crippen LogP contribution in [-0.2, 0) is 28.7 Å². The fraction of sp³-hybridized carbons (Fsp3) is 0.280. The molecule has 6 nitrogen and oxygen atoms in total. The van der Waals surface area contributed by atoms with Gasteiger partial charge >= 0.3 is 0 Å². The molecule has 0 atom stereocenters. The summed E-state index contributed by atoms with van der Waals surface area (Å²) in [5, 5.41) is 0.0377. The molecule has 168 valence electrons. The molecule has 0 aliphatic rings. The number of hydrogen-bond donors (Lipinski definition) is 0. The number of amides is 1. The monoisotopic (exact) mass is 451 g/mol. The van der Waals surface area contributed by atoms with E-state index in [0.29, 0.717) is 29.9 Å². The van der Waals surface area contributed by atoms with Gasteiger partial charge in [0.25, 0.3) is 5.91 Å². The Labute approximate surface area is 190 Å². The zero-order chi connectivity index (χ0) is 23.1. The molecule has 0 saturated heterocycles. The minimum Gasteiger partial charge on any atom is -0.329 e. The van der Waals surface area contributed by atoms with Crippen molar-refractivity contribution in [1.29, 1.82) is 0 Å². The van der Waals surface area contributed by atoms with Gasteiger partial charge in [-0.2, -0.15) is 0 Å². The van der Waals surface area contributed by atoms with Crippen LogP contribution in [0.1, 0.15) is 35.5 Å². The lowest BCUT2D eigenvalue weighted by molar-refractivity contribution is 0.0758. The average molecular weight is 452 g/mol. The summed E-state index contributed by atoms with van der Waals surface area (Å²) in [4.78, 5) is 19.0. The zero-order valence-electron chi connectivity index (χ0n) is 18.5. The second kappa shape index (κ2) is 10.4. The lowest BCUT2D eigenvalue weighted by atomic mass is 10.2. The minimum atomic E-state index is -3.66. The van der Waals surface area contributed by atoms with Gasteiger partial charge in [0.05, 0.1) is 24.2 Å². The van der Waals surface area contributed by atoms with E-state index in [4.69, 9.17) is 0 Å². The third-order valence-electron chi connectivity index (χ3n) is 4.94. The molecule has 0 bridgehead atoms. The SMILES string of the molecule is C=CCN(Cc1cnc(S(=O)(=O)Cc2ccccc2)n1CC(C)C)C(=O)c1ccccc1. The summed E-state index contributed by atoms with van der Waals surface area (Å²) in [6, 6.07) is 18.1. The summed E-state index contributed by atoms with van der Waals surface area (Å²) in [6.45, 7) is 8.87. The smallest absolute Gasteiger partial charge is 0.254 e. The van der Waals surface area contributed by atoms with Crippen molar-refractivity contribution >= 4 is 15.7 Å². The van der Waals surface area contributed by atoms with Gasteiger partial charge in [0, 0.05) is 18.7 Å². The summed E-state index contributed by atoms with van der Waals surface area (Å²) in [6.07, 6.45) is 3.23. The first-order valence-electron chi connectivity index (χ1n) is 10.6. The largest absolute Gasteiger partial charge is 0.329 e. The first kappa shape index (κ1) is 23.5. The van der Waals surface area contributed by atoms with E-state index in [1.165, 1.54) is 0 Å². The molecule has 7 heteroatoms. The molecule has 1 heterocycles. The molecule has 0 aliphatic heterocycles. The molecule has 0 unspecified atom stereocenters. The number of sulfone groups is 1. The van der Waals surface area contributed by atoms with E-state index in [1.807, 2.05) is 50.2 Å². The predicted octanol–water partition coefficient (Wildman–Crippen LogP) is 4.34. The number of hydrogen-bond acceptors (Lipinski definition) is 4. The normalized spacial score (nSPS) is 11.5. The van der Waals surface area contributed by atoms with E-state index < -0.39 is 9.84 Å². The number of imidazole rings is 1. The van der Waals surface area contributed by atoms with Crippen LogP contribution in [0.4, 0.5) is 0 Å². The van der Waals surface area contributed by atoms with Crippen molar-refractivity contribution in [3.63, 3.8) is 0 Å². The number of rotatable bonds is 10. The van der Waals surface area contributed by atoms with Crippen LogP contribution in [0.3, 0.4) is 0 Å². The summed E-state index contributed by atoms with van der Waals surface area (Å²) in [7, 11) is -3.66. The third kappa shape index (κ3) is 5.73. The van der Waals surface area contributed by atoms with Crippen LogP contribution in [0.2, 0.25) is 0 Å². The highest BCUT2D eigenvalue weighted by atomic mass is 32.2. The molecule has 0 aliphatic carbocycles. The van der Waals surface area contributed by atoms with E-state index in [9.17, 15) is 13.2 Å². The molecule has 3 aromatic rings. The van der Waals surface area contributed by atoms with Gasteiger partial charge < -0.3 is 9.47 Å². The Morgan fingerprint density at radius 2 is 1.72 bits per heavy atom. The third-order valence-corrected chi connectivity index (χ3v) is 6.53. The molecular formula is C25H29N3O3S. The van der Waals surface area contributed by atoms with Gasteiger partial charge in [-0.25, -0.2) is 13.4 Å². The van der Waals surface area contributed by atoms with Gasteiger partial charge in [-0.05, 0) is 23.6 Å². The average Bonchev–Trinajstić information content (AvgIpc) is 3.16. The van der Waals surface area contributed by atoms with Crippen LogP contribution in [-0.4, -0.2) is 35.3 Å². The van der Waals surface area contributed by atoms with Crippen LogP contribution in [0, 0.1) is 5.92 Å². The molecule has 1 amide bonds. The van der Waals surface area contributed by atoms with Gasteiger partial charge in [0.2, 0.25) is 15.0 Å². The van der Waals surface area contributed by atoms with Crippen molar-refractivity contribution in [3.8, 4) is 0 Å². The Morgan fingerprint density at radius 3 is 2.31 bits per heavy atom. The van der Waals surface area contributed by atoms with E-state index in [-0.39, 0.29) is 29.3 Å². The lowest BCUT2D eigenvalue weighted by Gasteiger charge is -2.23. The standard InChI is InChI=1S/C25H29N3O3S/c1-4-15-27(24(29)22-13-9-6-10-14-22)18-23-16-26-25(28(23)17-20(2)3)32(30,31)19-21-11-7-5-8-12-21/h4-14,16,20H,1,15,17-19H2,2-3H3. The van der Waals surface area contributed by atoms with Gasteiger partial charge in [-0.3, -0.25) is 4.79 Å². The van der Waals surface area contributed by atoms with Crippen LogP contribution < -0.4 is 0 Å². The van der Waals surface area contributed by atoms with E-state index in [2.05, 4.69) is 11.6 Å². The highest BCUT2D eigenvalue weighted by Crippen LogP contribution is 2.21. The zero-order valence-corrected chi connectivity index (χ0v) is 19.3. The molecule has 1 aromatic heterocycles. The fourth-order valence-electron chi connectivity index (χ4n) is 3.52. The fourth-order valence-corrected chi connectivity index (χ4v) is 5.02. The number of nitrogens with zero attached hydrogens (tertiary/aromatic N) is 3.